The summed E-state index contributed by atoms with van der Waals surface area (Å²) in [5.74, 6) is 1.36. The Morgan fingerprint density at radius 3 is 2.69 bits per heavy atom. The lowest BCUT2D eigenvalue weighted by Crippen LogP contribution is -2.44. The van der Waals surface area contributed by atoms with Gasteiger partial charge in [-0.2, -0.15) is 0 Å². The predicted octanol–water partition coefficient (Wildman–Crippen LogP) is 2.45. The van der Waals surface area contributed by atoms with Crippen molar-refractivity contribution >= 4 is 0 Å². The third kappa shape index (κ3) is 1.49. The quantitative estimate of drug-likeness (QED) is 0.697. The standard InChI is InChI=1S/C12H17N/c1-8-4-3-5-10(6-8)11-7-12(13)9(11)2/h3-6,9,11-12H,7,13H2,1-2H3. The topological polar surface area (TPSA) is 26.0 Å². The smallest absolute Gasteiger partial charge is 0.00763 e. The van der Waals surface area contributed by atoms with Crippen LogP contribution < -0.4 is 5.73 Å². The maximum Gasteiger partial charge on any atom is 0.00763 e. The van der Waals surface area contributed by atoms with Gasteiger partial charge in [0.25, 0.3) is 0 Å². The Labute approximate surface area is 80.0 Å². The molecule has 1 nitrogen and oxygen atoms in total. The molecule has 1 aromatic rings. The summed E-state index contributed by atoms with van der Waals surface area (Å²) in [6, 6.07) is 9.21. The van der Waals surface area contributed by atoms with Crippen molar-refractivity contribution in [2.24, 2.45) is 11.7 Å². The Balaban J connectivity index is 2.18. The summed E-state index contributed by atoms with van der Waals surface area (Å²) in [6.07, 6.45) is 1.16. The molecule has 3 unspecified atom stereocenters. The van der Waals surface area contributed by atoms with Crippen molar-refractivity contribution in [1.82, 2.24) is 0 Å². The fourth-order valence-corrected chi connectivity index (χ4v) is 2.17. The van der Waals surface area contributed by atoms with E-state index >= 15 is 0 Å². The van der Waals surface area contributed by atoms with Gasteiger partial charge in [0.05, 0.1) is 0 Å². The fourth-order valence-electron chi connectivity index (χ4n) is 2.17. The normalized spacial score (nSPS) is 32.7. The molecule has 3 atom stereocenters. The molecule has 0 amide bonds. The summed E-state index contributed by atoms with van der Waals surface area (Å²) in [5.41, 5.74) is 8.71. The lowest BCUT2D eigenvalue weighted by molar-refractivity contribution is 0.226. The Hall–Kier alpha value is -0.820. The van der Waals surface area contributed by atoms with Gasteiger partial charge in [-0.15, -0.1) is 0 Å². The monoisotopic (exact) mass is 175 g/mol. The molecule has 0 spiro atoms. The molecule has 0 bridgehead atoms. The van der Waals surface area contributed by atoms with E-state index in [0.717, 1.165) is 6.42 Å². The van der Waals surface area contributed by atoms with Crippen LogP contribution in [0.5, 0.6) is 0 Å². The van der Waals surface area contributed by atoms with Crippen LogP contribution in [0.4, 0.5) is 0 Å². The van der Waals surface area contributed by atoms with Crippen LogP contribution in [0.15, 0.2) is 24.3 Å². The minimum Gasteiger partial charge on any atom is -0.327 e. The van der Waals surface area contributed by atoms with Gasteiger partial charge in [-0.25, -0.2) is 0 Å². The molecular formula is C12H17N. The molecule has 1 aliphatic carbocycles. The molecule has 0 aliphatic heterocycles. The van der Waals surface area contributed by atoms with E-state index in [9.17, 15) is 0 Å². The summed E-state index contributed by atoms with van der Waals surface area (Å²) < 4.78 is 0. The predicted molar refractivity (Wildman–Crippen MR) is 55.7 cm³/mol. The SMILES string of the molecule is Cc1cccc(C2CC(N)C2C)c1. The second-order valence-corrected chi connectivity index (χ2v) is 4.28. The molecule has 0 radical (unpaired) electrons. The lowest BCUT2D eigenvalue weighted by Gasteiger charge is -2.41. The summed E-state index contributed by atoms with van der Waals surface area (Å²) >= 11 is 0. The van der Waals surface area contributed by atoms with Crippen LogP contribution in [-0.2, 0) is 0 Å². The third-order valence-corrected chi connectivity index (χ3v) is 3.31. The molecule has 1 saturated carbocycles. The van der Waals surface area contributed by atoms with Crippen molar-refractivity contribution in [1.29, 1.82) is 0 Å². The van der Waals surface area contributed by atoms with E-state index in [0.29, 0.717) is 17.9 Å². The highest BCUT2D eigenvalue weighted by molar-refractivity contribution is 5.28. The van der Waals surface area contributed by atoms with E-state index in [1.165, 1.54) is 11.1 Å². The Morgan fingerprint density at radius 1 is 1.38 bits per heavy atom. The van der Waals surface area contributed by atoms with E-state index in [1.54, 1.807) is 0 Å². The van der Waals surface area contributed by atoms with Crippen LogP contribution in [-0.4, -0.2) is 6.04 Å². The van der Waals surface area contributed by atoms with E-state index in [4.69, 9.17) is 5.73 Å². The van der Waals surface area contributed by atoms with Crippen molar-refractivity contribution < 1.29 is 0 Å². The lowest BCUT2D eigenvalue weighted by atomic mass is 9.67. The largest absolute Gasteiger partial charge is 0.327 e. The average molecular weight is 175 g/mol. The highest BCUT2D eigenvalue weighted by Gasteiger charge is 2.35. The maximum absolute atomic E-state index is 5.89. The highest BCUT2D eigenvalue weighted by atomic mass is 14.7. The molecule has 0 saturated heterocycles. The number of rotatable bonds is 1. The molecule has 2 N–H and O–H groups in total. The minimum absolute atomic E-state index is 0.422. The van der Waals surface area contributed by atoms with Gasteiger partial charge in [-0.05, 0) is 30.7 Å². The zero-order valence-corrected chi connectivity index (χ0v) is 8.33. The Kier molecular flexibility index (Phi) is 2.12. The first-order valence-corrected chi connectivity index (χ1v) is 5.00. The van der Waals surface area contributed by atoms with Crippen molar-refractivity contribution in [3.05, 3.63) is 35.4 Å². The zero-order chi connectivity index (χ0) is 9.42. The number of aryl methyl sites for hydroxylation is 1. The Bertz CT molecular complexity index is 306. The summed E-state index contributed by atoms with van der Waals surface area (Å²) in [5, 5.41) is 0. The summed E-state index contributed by atoms with van der Waals surface area (Å²) in [7, 11) is 0. The third-order valence-electron chi connectivity index (χ3n) is 3.31. The van der Waals surface area contributed by atoms with Gasteiger partial charge >= 0.3 is 0 Å². The summed E-state index contributed by atoms with van der Waals surface area (Å²) in [4.78, 5) is 0. The first-order chi connectivity index (χ1) is 6.18. The van der Waals surface area contributed by atoms with Gasteiger partial charge < -0.3 is 5.73 Å². The molecule has 70 valence electrons. The van der Waals surface area contributed by atoms with Gasteiger partial charge in [0, 0.05) is 6.04 Å². The average Bonchev–Trinajstić information content (AvgIpc) is 2.13. The van der Waals surface area contributed by atoms with E-state index in [2.05, 4.69) is 38.1 Å². The van der Waals surface area contributed by atoms with E-state index in [-0.39, 0.29) is 0 Å². The fraction of sp³-hybridized carbons (Fsp3) is 0.500. The number of nitrogens with two attached hydrogens (primary N) is 1. The van der Waals surface area contributed by atoms with Gasteiger partial charge in [0.15, 0.2) is 0 Å². The molecular weight excluding hydrogens is 158 g/mol. The molecule has 13 heavy (non-hydrogen) atoms. The van der Waals surface area contributed by atoms with Crippen LogP contribution in [0.25, 0.3) is 0 Å². The number of benzene rings is 1. The minimum atomic E-state index is 0.422. The highest BCUT2D eigenvalue weighted by Crippen LogP contribution is 2.41. The number of hydrogen-bond acceptors (Lipinski definition) is 1. The second-order valence-electron chi connectivity index (χ2n) is 4.28. The van der Waals surface area contributed by atoms with Crippen LogP contribution >= 0.6 is 0 Å². The zero-order valence-electron chi connectivity index (χ0n) is 8.33. The number of hydrogen-bond donors (Lipinski definition) is 1. The van der Waals surface area contributed by atoms with Crippen molar-refractivity contribution in [2.75, 3.05) is 0 Å². The van der Waals surface area contributed by atoms with Crippen molar-refractivity contribution in [3.63, 3.8) is 0 Å². The van der Waals surface area contributed by atoms with E-state index in [1.807, 2.05) is 0 Å². The molecule has 1 aliphatic rings. The molecule has 1 fully saturated rings. The van der Waals surface area contributed by atoms with Gasteiger partial charge in [-0.3, -0.25) is 0 Å². The Morgan fingerprint density at radius 2 is 2.15 bits per heavy atom. The van der Waals surface area contributed by atoms with Crippen molar-refractivity contribution in [2.45, 2.75) is 32.2 Å². The first-order valence-electron chi connectivity index (χ1n) is 5.00. The molecule has 0 heterocycles. The van der Waals surface area contributed by atoms with Crippen molar-refractivity contribution in [3.8, 4) is 0 Å². The van der Waals surface area contributed by atoms with Crippen LogP contribution in [0.2, 0.25) is 0 Å². The van der Waals surface area contributed by atoms with Crippen LogP contribution in [0.1, 0.15) is 30.4 Å². The van der Waals surface area contributed by atoms with Gasteiger partial charge in [-0.1, -0.05) is 36.8 Å². The van der Waals surface area contributed by atoms with Crippen LogP contribution in [0, 0.1) is 12.8 Å². The van der Waals surface area contributed by atoms with Crippen LogP contribution in [0.3, 0.4) is 0 Å². The molecule has 2 rings (SSSR count). The maximum atomic E-state index is 5.89. The molecule has 1 heteroatoms. The molecule has 0 aromatic heterocycles. The van der Waals surface area contributed by atoms with Gasteiger partial charge in [0.1, 0.15) is 0 Å². The van der Waals surface area contributed by atoms with Gasteiger partial charge in [0.2, 0.25) is 0 Å². The molecule has 1 aromatic carbocycles. The second kappa shape index (κ2) is 3.15. The van der Waals surface area contributed by atoms with E-state index < -0.39 is 0 Å². The first kappa shape index (κ1) is 8.76. The summed E-state index contributed by atoms with van der Waals surface area (Å²) in [6.45, 7) is 4.40.